The van der Waals surface area contributed by atoms with Crippen LogP contribution in [0.2, 0.25) is 0 Å². The molecule has 0 saturated carbocycles. The molecule has 270 valence electrons. The first kappa shape index (κ1) is 32.3. The predicted octanol–water partition coefficient (Wildman–Crippen LogP) is 13.1. The third-order valence-corrected chi connectivity index (χ3v) is 12.7. The molecule has 0 amide bonds. The van der Waals surface area contributed by atoms with Crippen molar-refractivity contribution >= 4 is 81.1 Å². The van der Waals surface area contributed by atoms with E-state index in [-0.39, 0.29) is 12.3 Å². The first-order valence-electron chi connectivity index (χ1n) is 19.4. The van der Waals surface area contributed by atoms with E-state index in [4.69, 9.17) is 9.41 Å². The van der Waals surface area contributed by atoms with Gasteiger partial charge in [0.2, 0.25) is 0 Å². The largest absolute Gasteiger partial charge is 0.456 e. The third kappa shape index (κ3) is 5.08. The maximum Gasteiger partial charge on any atom is 0.142 e. The lowest BCUT2D eigenvalue weighted by Crippen LogP contribution is -2.45. The molecule has 12 rings (SSSR count). The monoisotopic (exact) mass is 750 g/mol. The number of benzene rings is 8. The fourth-order valence-electron chi connectivity index (χ4n) is 8.93. The minimum absolute atomic E-state index is 0.233. The molecule has 0 aliphatic carbocycles. The van der Waals surface area contributed by atoms with Crippen molar-refractivity contribution in [3.8, 4) is 16.8 Å². The summed E-state index contributed by atoms with van der Waals surface area (Å²) < 4.78 is 11.8. The molecule has 3 aromatic heterocycles. The van der Waals surface area contributed by atoms with Crippen molar-refractivity contribution in [2.45, 2.75) is 12.3 Å². The Labute approximate surface area is 332 Å². The van der Waals surface area contributed by atoms with Gasteiger partial charge in [0.1, 0.15) is 29.3 Å². The zero-order valence-corrected chi connectivity index (χ0v) is 31.5. The van der Waals surface area contributed by atoms with Crippen molar-refractivity contribution in [3.05, 3.63) is 199 Å². The highest BCUT2D eigenvalue weighted by atomic mass is 32.1. The molecule has 1 aliphatic rings. The zero-order valence-electron chi connectivity index (χ0n) is 30.7. The molecule has 4 heterocycles. The van der Waals surface area contributed by atoms with E-state index in [0.29, 0.717) is 0 Å². The van der Waals surface area contributed by atoms with Crippen molar-refractivity contribution in [1.82, 2.24) is 15.2 Å². The van der Waals surface area contributed by atoms with Gasteiger partial charge in [0.05, 0.1) is 11.0 Å². The van der Waals surface area contributed by atoms with Gasteiger partial charge in [0, 0.05) is 64.1 Å². The smallest absolute Gasteiger partial charge is 0.142 e. The van der Waals surface area contributed by atoms with Crippen molar-refractivity contribution in [2.24, 2.45) is 4.99 Å². The van der Waals surface area contributed by atoms with E-state index in [1.807, 2.05) is 23.5 Å². The molecule has 8 aromatic carbocycles. The zero-order chi connectivity index (χ0) is 37.5. The van der Waals surface area contributed by atoms with Crippen LogP contribution in [-0.2, 0) is 0 Å². The maximum atomic E-state index is 6.86. The third-order valence-electron chi connectivity index (χ3n) is 11.5. The van der Waals surface area contributed by atoms with Gasteiger partial charge in [-0.15, -0.1) is 11.3 Å². The second kappa shape index (κ2) is 12.8. The highest BCUT2D eigenvalue weighted by Gasteiger charge is 2.28. The summed E-state index contributed by atoms with van der Waals surface area (Å²) in [6, 6.07) is 64.8. The van der Waals surface area contributed by atoms with E-state index in [1.165, 1.54) is 58.8 Å². The Balaban J connectivity index is 0.998. The Morgan fingerprint density at radius 1 is 0.561 bits per heavy atom. The molecule has 1 aliphatic heterocycles. The van der Waals surface area contributed by atoms with E-state index in [0.717, 1.165) is 44.5 Å². The van der Waals surface area contributed by atoms with Gasteiger partial charge in [-0.25, -0.2) is 4.99 Å². The molecule has 0 spiro atoms. The van der Waals surface area contributed by atoms with E-state index in [2.05, 4.69) is 185 Å². The number of hydrogen-bond acceptors (Lipinski definition) is 5. The summed E-state index contributed by atoms with van der Waals surface area (Å²) in [6.45, 7) is 0. The summed E-state index contributed by atoms with van der Waals surface area (Å²) in [7, 11) is 0. The van der Waals surface area contributed by atoms with Crippen LogP contribution < -0.4 is 10.6 Å². The van der Waals surface area contributed by atoms with Crippen molar-refractivity contribution < 1.29 is 4.42 Å². The minimum atomic E-state index is -0.245. The summed E-state index contributed by atoms with van der Waals surface area (Å²) in [5, 5.41) is 14.8. The summed E-state index contributed by atoms with van der Waals surface area (Å²) >= 11 is 1.86. The Morgan fingerprint density at radius 2 is 1.23 bits per heavy atom. The molecule has 0 radical (unpaired) electrons. The maximum absolute atomic E-state index is 6.86. The number of fused-ring (bicyclic) bond motifs is 9. The fraction of sp³-hybridized carbons (Fsp3) is 0.0392. The number of nitrogens with one attached hydrogen (secondary N) is 2. The molecule has 2 atom stereocenters. The first-order chi connectivity index (χ1) is 28.3. The molecule has 2 unspecified atom stereocenters. The lowest BCUT2D eigenvalue weighted by Gasteiger charge is -2.32. The molecular weight excluding hydrogens is 717 g/mol. The van der Waals surface area contributed by atoms with Gasteiger partial charge in [-0.05, 0) is 47.5 Å². The standard InChI is InChI=1S/C51H34N4OS/c1-3-14-31(15-4-1)49-52-50(32-16-5-2-6-17-32)54-51(53-49)40-24-12-23-39-46-36(20-13-27-44(46)56-47(39)40)37-21-11-22-38-41-30-33(28-29-45(41)57-48(37)38)55-42-25-9-7-18-34(42)35-19-8-10-26-43(35)55/h1-30,49,51,53H,(H,52,54). The number of para-hydroxylation sites is 3. The quantitative estimate of drug-likeness (QED) is 0.184. The van der Waals surface area contributed by atoms with Crippen LogP contribution in [0, 0.1) is 0 Å². The highest BCUT2D eigenvalue weighted by molar-refractivity contribution is 7.26. The van der Waals surface area contributed by atoms with Gasteiger partial charge in [-0.1, -0.05) is 146 Å². The number of aliphatic imine (C=N–C) groups is 1. The van der Waals surface area contributed by atoms with E-state index in [1.54, 1.807) is 0 Å². The lowest BCUT2D eigenvalue weighted by atomic mass is 9.97. The van der Waals surface area contributed by atoms with Gasteiger partial charge >= 0.3 is 0 Å². The van der Waals surface area contributed by atoms with Gasteiger partial charge in [-0.3, -0.25) is 5.32 Å². The van der Waals surface area contributed by atoms with E-state index >= 15 is 0 Å². The second-order valence-corrected chi connectivity index (χ2v) is 15.8. The van der Waals surface area contributed by atoms with E-state index in [9.17, 15) is 0 Å². The SMILES string of the molecule is c1ccc(C2=NC(c3ccccc3)NC(c3cccc4c3oc3cccc(-c5cccc6c5sc5ccc(-n7c8ccccc8c8ccccc87)cc56)c34)N2)cc1. The number of thiophene rings is 1. The molecule has 0 fully saturated rings. The summed E-state index contributed by atoms with van der Waals surface area (Å²) in [6.07, 6.45) is -0.478. The minimum Gasteiger partial charge on any atom is -0.456 e. The number of hydrogen-bond donors (Lipinski definition) is 2. The first-order valence-corrected chi connectivity index (χ1v) is 20.2. The van der Waals surface area contributed by atoms with Crippen LogP contribution in [0.25, 0.3) is 80.7 Å². The number of aromatic nitrogens is 1. The lowest BCUT2D eigenvalue weighted by molar-refractivity contribution is 0.408. The molecule has 5 nitrogen and oxygen atoms in total. The Bertz CT molecular complexity index is 3320. The van der Waals surface area contributed by atoms with Crippen LogP contribution >= 0.6 is 11.3 Å². The molecular formula is C51H34N4OS. The molecule has 11 aromatic rings. The Hall–Kier alpha value is -6.99. The van der Waals surface area contributed by atoms with Crippen LogP contribution in [0.3, 0.4) is 0 Å². The van der Waals surface area contributed by atoms with Crippen molar-refractivity contribution in [2.75, 3.05) is 0 Å². The molecule has 0 bridgehead atoms. The van der Waals surface area contributed by atoms with Gasteiger partial charge < -0.3 is 14.3 Å². The van der Waals surface area contributed by atoms with Crippen LogP contribution in [-0.4, -0.2) is 10.4 Å². The van der Waals surface area contributed by atoms with Crippen LogP contribution in [0.15, 0.2) is 191 Å². The number of furan rings is 1. The number of amidine groups is 1. The molecule has 0 saturated heterocycles. The molecule has 57 heavy (non-hydrogen) atoms. The average Bonchev–Trinajstić information content (AvgIpc) is 3.96. The normalized spacial score (nSPS) is 15.9. The number of rotatable bonds is 5. The topological polar surface area (TPSA) is 54.5 Å². The predicted molar refractivity (Wildman–Crippen MR) is 238 cm³/mol. The molecule has 2 N–H and O–H groups in total. The average molecular weight is 751 g/mol. The van der Waals surface area contributed by atoms with Crippen molar-refractivity contribution in [1.29, 1.82) is 0 Å². The van der Waals surface area contributed by atoms with Gasteiger partial charge in [0.25, 0.3) is 0 Å². The fourth-order valence-corrected chi connectivity index (χ4v) is 10.1. The van der Waals surface area contributed by atoms with Crippen LogP contribution in [0.5, 0.6) is 0 Å². The summed E-state index contributed by atoms with van der Waals surface area (Å²) in [5.41, 5.74) is 10.9. The van der Waals surface area contributed by atoms with Gasteiger partial charge in [0.15, 0.2) is 0 Å². The Kier molecular flexibility index (Phi) is 7.24. The second-order valence-electron chi connectivity index (χ2n) is 14.7. The molecule has 6 heteroatoms. The number of nitrogens with zero attached hydrogens (tertiary/aromatic N) is 2. The summed E-state index contributed by atoms with van der Waals surface area (Å²) in [4.78, 5) is 5.13. The van der Waals surface area contributed by atoms with E-state index < -0.39 is 0 Å². The van der Waals surface area contributed by atoms with Gasteiger partial charge in [-0.2, -0.15) is 0 Å². The van der Waals surface area contributed by atoms with Crippen molar-refractivity contribution in [3.63, 3.8) is 0 Å². The van der Waals surface area contributed by atoms with Crippen LogP contribution in [0.1, 0.15) is 29.0 Å². The summed E-state index contributed by atoms with van der Waals surface area (Å²) in [5.74, 6) is 0.847. The van der Waals surface area contributed by atoms with Crippen LogP contribution in [0.4, 0.5) is 0 Å². The highest BCUT2D eigenvalue weighted by Crippen LogP contribution is 2.45. The Morgan fingerprint density at radius 3 is 2.04 bits per heavy atom.